The molecule has 13 nitrogen and oxygen atoms in total. The summed E-state index contributed by atoms with van der Waals surface area (Å²) in [4.78, 5) is 0. The van der Waals surface area contributed by atoms with Crippen molar-refractivity contribution in [1.82, 2.24) is 10.2 Å². The maximum absolute atomic E-state index is 8.74. The van der Waals surface area contributed by atoms with Gasteiger partial charge in [0.25, 0.3) is 0 Å². The van der Waals surface area contributed by atoms with Crippen molar-refractivity contribution in [1.29, 1.82) is 0 Å². The first-order chi connectivity index (χ1) is 29.5. The first-order valence-electron chi connectivity index (χ1n) is 19.1. The topological polar surface area (TPSA) is 270 Å². The van der Waals surface area contributed by atoms with E-state index < -0.39 is 10.4 Å². The molecule has 62 heavy (non-hydrogen) atoms. The quantitative estimate of drug-likeness (QED) is 0.0606. The minimum Gasteiger partial charge on any atom is -0.416 e. The van der Waals surface area contributed by atoms with Crippen molar-refractivity contribution in [3.05, 3.63) is 169 Å². The van der Waals surface area contributed by atoms with Gasteiger partial charge in [0.2, 0.25) is 11.8 Å². The fourth-order valence-corrected chi connectivity index (χ4v) is 6.58. The van der Waals surface area contributed by atoms with Crippen LogP contribution < -0.4 is 34.4 Å². The molecule has 0 spiro atoms. The van der Waals surface area contributed by atoms with Crippen LogP contribution in [0.5, 0.6) is 0 Å². The van der Waals surface area contributed by atoms with E-state index in [1.54, 1.807) is 24.3 Å². The lowest BCUT2D eigenvalue weighted by atomic mass is 9.89. The van der Waals surface area contributed by atoms with Crippen molar-refractivity contribution in [3.8, 4) is 45.2 Å². The predicted octanol–water partition coefficient (Wildman–Crippen LogP) is 9.87. The van der Waals surface area contributed by atoms with Crippen LogP contribution in [-0.2, 0) is 10.4 Å². The number of rotatable bonds is 4. The van der Waals surface area contributed by atoms with Gasteiger partial charge in [-0.3, -0.25) is 9.11 Å². The van der Waals surface area contributed by atoms with Crippen molar-refractivity contribution < 1.29 is 21.9 Å². The first kappa shape index (κ1) is 43.7. The number of aromatic nitrogens is 2. The summed E-state index contributed by atoms with van der Waals surface area (Å²) in [5.41, 5.74) is 48.4. The van der Waals surface area contributed by atoms with Crippen LogP contribution in [0.2, 0.25) is 0 Å². The Kier molecular flexibility index (Phi) is 13.4. The highest BCUT2D eigenvalue weighted by Gasteiger charge is 2.14. The number of hydrogen-bond acceptors (Lipinski definition) is 11. The second-order valence-electron chi connectivity index (χ2n) is 14.2. The van der Waals surface area contributed by atoms with Crippen LogP contribution in [0.15, 0.2) is 162 Å². The van der Waals surface area contributed by atoms with Gasteiger partial charge in [0.05, 0.1) is 0 Å². The van der Waals surface area contributed by atoms with E-state index in [-0.39, 0.29) is 0 Å². The van der Waals surface area contributed by atoms with Crippen molar-refractivity contribution in [2.45, 2.75) is 13.8 Å². The smallest absolute Gasteiger partial charge is 0.394 e. The molecular formula is C48H46N8O5S. The van der Waals surface area contributed by atoms with Gasteiger partial charge in [-0.05, 0) is 143 Å². The SMILES string of the molecule is Cc1cc(-c2cc(C)c(N)c3ccccc23)c2ccccc2c1N.Nc1ccc(-c2ccc(N)cc2)cc1.Nc1ccc(-c2nnc(-c3ccc(N)cc3)o2)cc1.O=S(=O)(O)O. The van der Waals surface area contributed by atoms with E-state index in [0.29, 0.717) is 23.2 Å². The van der Waals surface area contributed by atoms with Crippen LogP contribution in [0.4, 0.5) is 34.1 Å². The number of nitrogens with two attached hydrogens (primary N) is 6. The maximum atomic E-state index is 8.74. The molecule has 0 bridgehead atoms. The molecule has 0 amide bonds. The Morgan fingerprint density at radius 1 is 0.419 bits per heavy atom. The van der Waals surface area contributed by atoms with Gasteiger partial charge in [0.1, 0.15) is 0 Å². The fraction of sp³-hybridized carbons (Fsp3) is 0.0417. The van der Waals surface area contributed by atoms with E-state index in [4.69, 9.17) is 56.3 Å². The number of nitrogen functional groups attached to an aromatic ring is 6. The molecule has 14 N–H and O–H groups in total. The Bertz CT molecular complexity index is 2870. The van der Waals surface area contributed by atoms with Gasteiger partial charge in [-0.25, -0.2) is 0 Å². The molecule has 0 unspecified atom stereocenters. The van der Waals surface area contributed by atoms with Crippen LogP contribution in [-0.4, -0.2) is 27.7 Å². The van der Waals surface area contributed by atoms with Crippen molar-refractivity contribution >= 4 is 66.1 Å². The Morgan fingerprint density at radius 3 is 0.968 bits per heavy atom. The molecule has 0 saturated heterocycles. The van der Waals surface area contributed by atoms with Crippen LogP contribution in [0.3, 0.4) is 0 Å². The van der Waals surface area contributed by atoms with Crippen LogP contribution in [0, 0.1) is 13.8 Å². The molecule has 0 fully saturated rings. The third-order valence-electron chi connectivity index (χ3n) is 9.77. The van der Waals surface area contributed by atoms with Crippen molar-refractivity contribution in [2.24, 2.45) is 0 Å². The van der Waals surface area contributed by atoms with Gasteiger partial charge in [-0.1, -0.05) is 72.8 Å². The Hall–Kier alpha value is -7.91. The Morgan fingerprint density at radius 2 is 0.677 bits per heavy atom. The third-order valence-corrected chi connectivity index (χ3v) is 9.77. The van der Waals surface area contributed by atoms with E-state index in [2.05, 4.69) is 72.6 Å². The lowest BCUT2D eigenvalue weighted by Crippen LogP contribution is -1.96. The van der Waals surface area contributed by atoms with Crippen LogP contribution in [0.25, 0.3) is 66.7 Å². The zero-order valence-corrected chi connectivity index (χ0v) is 34.7. The molecular weight excluding hydrogens is 801 g/mol. The van der Waals surface area contributed by atoms with Gasteiger partial charge >= 0.3 is 10.4 Å². The van der Waals surface area contributed by atoms with Gasteiger partial charge in [-0.2, -0.15) is 8.42 Å². The van der Waals surface area contributed by atoms with Crippen molar-refractivity contribution in [3.63, 3.8) is 0 Å². The number of anilines is 6. The molecule has 1 heterocycles. The summed E-state index contributed by atoms with van der Waals surface area (Å²) in [6.45, 7) is 4.13. The van der Waals surface area contributed by atoms with Gasteiger partial charge in [-0.15, -0.1) is 10.2 Å². The summed E-state index contributed by atoms with van der Waals surface area (Å²) in [5, 5.41) is 12.6. The molecule has 314 valence electrons. The summed E-state index contributed by atoms with van der Waals surface area (Å²) in [6, 6.07) is 51.2. The minimum atomic E-state index is -4.67. The maximum Gasteiger partial charge on any atom is 0.394 e. The van der Waals surface area contributed by atoms with E-state index in [1.165, 1.54) is 21.9 Å². The summed E-state index contributed by atoms with van der Waals surface area (Å²) in [5.74, 6) is 0.929. The molecule has 0 aliphatic rings. The standard InChI is InChI=1S/C22H20N2.C14H12N4O.C12H12N2.H2O4S/c1-13-11-19(15-7-3-5-9-17(15)21(13)23)20-12-14(2)22(24)18-10-6-4-8-16(18)20;15-11-5-1-9(2-6-11)13-17-18-14(19-13)10-3-7-12(16)8-4-10;13-11-5-1-9(2-6-11)10-3-7-12(14)8-4-10;1-5(2,3)4/h3-12H,23-24H2,1-2H3;1-8H,15-16H2;1-8H,13-14H2;(H2,1,2,3,4). The summed E-state index contributed by atoms with van der Waals surface area (Å²) < 4.78 is 37.2. The number of fused-ring (bicyclic) bond motifs is 2. The molecule has 0 atom stereocenters. The molecule has 9 rings (SSSR count). The predicted molar refractivity (Wildman–Crippen MR) is 254 cm³/mol. The lowest BCUT2D eigenvalue weighted by Gasteiger charge is -2.16. The molecule has 1 aromatic heterocycles. The average Bonchev–Trinajstić information content (AvgIpc) is 3.75. The highest BCUT2D eigenvalue weighted by Crippen LogP contribution is 2.40. The zero-order valence-electron chi connectivity index (χ0n) is 33.9. The molecule has 9 aromatic rings. The summed E-state index contributed by atoms with van der Waals surface area (Å²) in [7, 11) is -4.67. The number of aryl methyl sites for hydroxylation is 2. The highest BCUT2D eigenvalue weighted by molar-refractivity contribution is 7.79. The Balaban J connectivity index is 0.000000151. The van der Waals surface area contributed by atoms with Crippen LogP contribution in [0.1, 0.15) is 11.1 Å². The second-order valence-corrected chi connectivity index (χ2v) is 15.1. The molecule has 0 aliphatic carbocycles. The minimum absolute atomic E-state index is 0.465. The lowest BCUT2D eigenvalue weighted by molar-refractivity contribution is 0.381. The van der Waals surface area contributed by atoms with Gasteiger partial charge in [0, 0.05) is 56.0 Å². The van der Waals surface area contributed by atoms with E-state index in [9.17, 15) is 0 Å². The fourth-order valence-electron chi connectivity index (χ4n) is 6.58. The largest absolute Gasteiger partial charge is 0.416 e. The molecule has 14 heteroatoms. The third kappa shape index (κ3) is 11.0. The summed E-state index contributed by atoms with van der Waals surface area (Å²) in [6.07, 6.45) is 0. The van der Waals surface area contributed by atoms with E-state index in [1.807, 2.05) is 84.9 Å². The molecule has 0 aliphatic heterocycles. The number of hydrogen-bond donors (Lipinski definition) is 8. The van der Waals surface area contributed by atoms with Crippen molar-refractivity contribution in [2.75, 3.05) is 34.4 Å². The molecule has 8 aromatic carbocycles. The monoisotopic (exact) mass is 846 g/mol. The average molecular weight is 847 g/mol. The van der Waals surface area contributed by atoms with Gasteiger partial charge < -0.3 is 38.8 Å². The summed E-state index contributed by atoms with van der Waals surface area (Å²) >= 11 is 0. The zero-order chi connectivity index (χ0) is 44.6. The normalized spacial score (nSPS) is 10.8. The highest BCUT2D eigenvalue weighted by atomic mass is 32.3. The van der Waals surface area contributed by atoms with Gasteiger partial charge in [0.15, 0.2) is 0 Å². The molecule has 0 radical (unpaired) electrons. The number of benzene rings is 8. The van der Waals surface area contributed by atoms with E-state index >= 15 is 0 Å². The number of nitrogens with zero attached hydrogens (tertiary/aromatic N) is 2. The van der Waals surface area contributed by atoms with E-state index in [0.717, 1.165) is 66.9 Å². The Labute approximate surface area is 359 Å². The second kappa shape index (κ2) is 19.0. The first-order valence-corrected chi connectivity index (χ1v) is 20.5. The molecule has 0 saturated carbocycles. The van der Waals surface area contributed by atoms with Crippen LogP contribution >= 0.6 is 0 Å².